The highest BCUT2D eigenvalue weighted by atomic mass is 32.1. The minimum absolute atomic E-state index is 0.0461. The summed E-state index contributed by atoms with van der Waals surface area (Å²) in [5, 5.41) is 2.82. The Hall–Kier alpha value is -2.00. The number of amides is 1. The van der Waals surface area contributed by atoms with Gasteiger partial charge in [-0.1, -0.05) is 18.2 Å². The molecule has 24 heavy (non-hydrogen) atoms. The van der Waals surface area contributed by atoms with Gasteiger partial charge in [-0.3, -0.25) is 4.79 Å². The normalized spacial score (nSPS) is 16.1. The average molecular weight is 357 g/mol. The number of ether oxygens (including phenoxy) is 1. The summed E-state index contributed by atoms with van der Waals surface area (Å²) in [6, 6.07) is 5.10. The van der Waals surface area contributed by atoms with E-state index in [-0.39, 0.29) is 28.3 Å². The first-order valence-electron chi connectivity index (χ1n) is 7.34. The van der Waals surface area contributed by atoms with Gasteiger partial charge in [0.15, 0.2) is 5.82 Å². The first-order valence-corrected chi connectivity index (χ1v) is 8.11. The Labute approximate surface area is 140 Å². The molecular weight excluding hydrogens is 343 g/mol. The Morgan fingerprint density at radius 3 is 2.67 bits per heavy atom. The number of hydrogen-bond donors (Lipinski definition) is 1. The van der Waals surface area contributed by atoms with E-state index in [0.717, 1.165) is 17.6 Å². The van der Waals surface area contributed by atoms with E-state index in [2.05, 4.69) is 14.7 Å². The summed E-state index contributed by atoms with van der Waals surface area (Å²) < 4.78 is 48.3. The Morgan fingerprint density at radius 2 is 1.96 bits per heavy atom. The van der Waals surface area contributed by atoms with E-state index in [4.69, 9.17) is 4.74 Å². The minimum Gasteiger partial charge on any atom is -0.381 e. The Morgan fingerprint density at radius 1 is 1.25 bits per heavy atom. The molecule has 3 rings (SSSR count). The summed E-state index contributed by atoms with van der Waals surface area (Å²) in [7, 11) is 0. The van der Waals surface area contributed by atoms with Crippen LogP contribution in [0, 0.1) is 5.92 Å². The van der Waals surface area contributed by atoms with Crippen LogP contribution in [0.2, 0.25) is 0 Å². The third-order valence-electron chi connectivity index (χ3n) is 3.72. The van der Waals surface area contributed by atoms with Crippen LogP contribution in [0.1, 0.15) is 18.4 Å². The van der Waals surface area contributed by atoms with Crippen molar-refractivity contribution in [2.24, 2.45) is 5.92 Å². The average Bonchev–Trinajstić information content (AvgIpc) is 3.03. The van der Waals surface area contributed by atoms with Crippen LogP contribution in [-0.2, 0) is 15.7 Å². The van der Waals surface area contributed by atoms with Crippen molar-refractivity contribution in [3.63, 3.8) is 0 Å². The van der Waals surface area contributed by atoms with Crippen LogP contribution in [0.15, 0.2) is 24.3 Å². The molecule has 1 aromatic heterocycles. The number of carbonyl (C=O) groups is 1. The van der Waals surface area contributed by atoms with Crippen LogP contribution in [0.4, 0.5) is 18.3 Å². The van der Waals surface area contributed by atoms with Crippen molar-refractivity contribution in [3.8, 4) is 11.4 Å². The molecule has 2 heterocycles. The van der Waals surface area contributed by atoms with Crippen LogP contribution in [0.3, 0.4) is 0 Å². The van der Waals surface area contributed by atoms with Gasteiger partial charge in [-0.25, -0.2) is 0 Å². The van der Waals surface area contributed by atoms with Crippen molar-refractivity contribution in [3.05, 3.63) is 29.8 Å². The third kappa shape index (κ3) is 3.73. The first kappa shape index (κ1) is 16.8. The number of anilines is 1. The lowest BCUT2D eigenvalue weighted by molar-refractivity contribution is -0.137. The second-order valence-electron chi connectivity index (χ2n) is 5.34. The predicted molar refractivity (Wildman–Crippen MR) is 82.5 cm³/mol. The molecule has 9 heteroatoms. The molecule has 0 radical (unpaired) electrons. The molecule has 5 nitrogen and oxygen atoms in total. The maximum atomic E-state index is 13.1. The summed E-state index contributed by atoms with van der Waals surface area (Å²) in [5.74, 6) is -0.422. The molecule has 0 saturated carbocycles. The molecule has 0 aliphatic carbocycles. The summed E-state index contributed by atoms with van der Waals surface area (Å²) in [6.07, 6.45) is -3.25. The van der Waals surface area contributed by atoms with Gasteiger partial charge in [-0.2, -0.15) is 22.5 Å². The number of rotatable bonds is 3. The number of benzene rings is 1. The molecule has 1 aliphatic rings. The van der Waals surface area contributed by atoms with E-state index in [1.807, 2.05) is 0 Å². The molecule has 1 saturated heterocycles. The van der Waals surface area contributed by atoms with Gasteiger partial charge < -0.3 is 10.1 Å². The van der Waals surface area contributed by atoms with Crippen molar-refractivity contribution < 1.29 is 22.7 Å². The molecule has 128 valence electrons. The van der Waals surface area contributed by atoms with Crippen molar-refractivity contribution in [2.45, 2.75) is 19.0 Å². The van der Waals surface area contributed by atoms with Crippen molar-refractivity contribution >= 4 is 22.6 Å². The molecular formula is C15H14F3N3O2S. The number of carbonyl (C=O) groups excluding carboxylic acids is 1. The van der Waals surface area contributed by atoms with Gasteiger partial charge in [0.2, 0.25) is 11.0 Å². The van der Waals surface area contributed by atoms with Crippen LogP contribution in [0.5, 0.6) is 0 Å². The number of halogens is 3. The maximum absolute atomic E-state index is 13.1. The van der Waals surface area contributed by atoms with Gasteiger partial charge in [-0.15, -0.1) is 0 Å². The van der Waals surface area contributed by atoms with Gasteiger partial charge in [0.05, 0.1) is 5.56 Å². The van der Waals surface area contributed by atoms with Gasteiger partial charge in [0.1, 0.15) is 0 Å². The SMILES string of the molecule is O=C(Nc1nc(-c2ccccc2C(F)(F)F)ns1)C1CCOCC1. The van der Waals surface area contributed by atoms with E-state index in [1.54, 1.807) is 0 Å². The summed E-state index contributed by atoms with van der Waals surface area (Å²) in [6.45, 7) is 1.05. The lowest BCUT2D eigenvalue weighted by Crippen LogP contribution is -2.28. The summed E-state index contributed by atoms with van der Waals surface area (Å²) in [4.78, 5) is 16.2. The van der Waals surface area contributed by atoms with Gasteiger partial charge in [0.25, 0.3) is 0 Å². The van der Waals surface area contributed by atoms with E-state index < -0.39 is 11.7 Å². The van der Waals surface area contributed by atoms with E-state index in [9.17, 15) is 18.0 Å². The molecule has 1 fully saturated rings. The highest BCUT2D eigenvalue weighted by molar-refractivity contribution is 7.10. The van der Waals surface area contributed by atoms with E-state index in [1.165, 1.54) is 18.2 Å². The number of nitrogens with one attached hydrogen (secondary N) is 1. The highest BCUT2D eigenvalue weighted by Crippen LogP contribution is 2.36. The molecule has 1 amide bonds. The highest BCUT2D eigenvalue weighted by Gasteiger charge is 2.34. The fraction of sp³-hybridized carbons (Fsp3) is 0.400. The van der Waals surface area contributed by atoms with Crippen molar-refractivity contribution in [2.75, 3.05) is 18.5 Å². The van der Waals surface area contributed by atoms with Gasteiger partial charge >= 0.3 is 6.18 Å². The zero-order valence-electron chi connectivity index (χ0n) is 12.5. The van der Waals surface area contributed by atoms with Crippen LogP contribution >= 0.6 is 11.5 Å². The smallest absolute Gasteiger partial charge is 0.381 e. The number of hydrogen-bond acceptors (Lipinski definition) is 5. The zero-order chi connectivity index (χ0) is 17.2. The molecule has 1 aliphatic heterocycles. The van der Waals surface area contributed by atoms with Gasteiger partial charge in [0, 0.05) is 36.2 Å². The van der Waals surface area contributed by atoms with Crippen LogP contribution in [0.25, 0.3) is 11.4 Å². The topological polar surface area (TPSA) is 64.1 Å². The quantitative estimate of drug-likeness (QED) is 0.912. The molecule has 1 aromatic carbocycles. The lowest BCUT2D eigenvalue weighted by atomic mass is 10.00. The molecule has 0 bridgehead atoms. The van der Waals surface area contributed by atoms with Crippen molar-refractivity contribution in [1.82, 2.24) is 9.36 Å². The Bertz CT molecular complexity index is 727. The van der Waals surface area contributed by atoms with E-state index >= 15 is 0 Å². The standard InChI is InChI=1S/C15H14F3N3O2S/c16-15(17,18)11-4-2-1-3-10(11)12-19-14(24-21-12)20-13(22)9-5-7-23-8-6-9/h1-4,9H,5-8H2,(H,19,20,21,22). The van der Waals surface area contributed by atoms with Crippen molar-refractivity contribution in [1.29, 1.82) is 0 Å². The molecule has 0 spiro atoms. The minimum atomic E-state index is -4.49. The zero-order valence-corrected chi connectivity index (χ0v) is 13.3. The Balaban J connectivity index is 1.78. The Kier molecular flexibility index (Phi) is 4.81. The van der Waals surface area contributed by atoms with Crippen LogP contribution in [-0.4, -0.2) is 28.5 Å². The molecule has 0 atom stereocenters. The fourth-order valence-corrected chi connectivity index (χ4v) is 3.06. The van der Waals surface area contributed by atoms with E-state index in [0.29, 0.717) is 26.1 Å². The number of aromatic nitrogens is 2. The summed E-state index contributed by atoms with van der Waals surface area (Å²) in [5.41, 5.74) is -0.905. The molecule has 1 N–H and O–H groups in total. The number of nitrogens with zero attached hydrogens (tertiary/aromatic N) is 2. The number of alkyl halides is 3. The lowest BCUT2D eigenvalue weighted by Gasteiger charge is -2.20. The molecule has 0 unspecified atom stereocenters. The largest absolute Gasteiger partial charge is 0.417 e. The monoisotopic (exact) mass is 357 g/mol. The molecule has 2 aromatic rings. The predicted octanol–water partition coefficient (Wildman–Crippen LogP) is 3.59. The third-order valence-corrected chi connectivity index (χ3v) is 4.35. The fourth-order valence-electron chi connectivity index (χ4n) is 2.48. The second-order valence-corrected chi connectivity index (χ2v) is 6.09. The van der Waals surface area contributed by atoms with Gasteiger partial charge in [-0.05, 0) is 18.9 Å². The van der Waals surface area contributed by atoms with Crippen LogP contribution < -0.4 is 5.32 Å². The first-order chi connectivity index (χ1) is 11.4. The summed E-state index contributed by atoms with van der Waals surface area (Å²) >= 11 is 0.864. The second kappa shape index (κ2) is 6.86. The maximum Gasteiger partial charge on any atom is 0.417 e.